The Balaban J connectivity index is 1.61. The lowest BCUT2D eigenvalue weighted by atomic mass is 10.2. The first-order valence-corrected chi connectivity index (χ1v) is 10.3. The summed E-state index contributed by atoms with van der Waals surface area (Å²) in [4.78, 5) is 21.7. The highest BCUT2D eigenvalue weighted by Gasteiger charge is 2.14. The predicted molar refractivity (Wildman–Crippen MR) is 123 cm³/mol. The van der Waals surface area contributed by atoms with Gasteiger partial charge in [0.05, 0.1) is 18.2 Å². The molecular formula is C22H23N9O2. The van der Waals surface area contributed by atoms with Gasteiger partial charge in [-0.3, -0.25) is 0 Å². The third kappa shape index (κ3) is 5.13. The first-order valence-electron chi connectivity index (χ1n) is 10.3. The van der Waals surface area contributed by atoms with Gasteiger partial charge in [0.15, 0.2) is 11.4 Å². The number of fused-ring (bicyclic) bond motifs is 1. The summed E-state index contributed by atoms with van der Waals surface area (Å²) >= 11 is 0. The monoisotopic (exact) mass is 445 g/mol. The average Bonchev–Trinajstić information content (AvgIpc) is 3.19. The lowest BCUT2D eigenvalue weighted by Gasteiger charge is -2.12. The molecule has 4 rings (SSSR count). The van der Waals surface area contributed by atoms with Crippen LogP contribution in [0.15, 0.2) is 37.1 Å². The van der Waals surface area contributed by atoms with Crippen LogP contribution in [0.2, 0.25) is 0 Å². The summed E-state index contributed by atoms with van der Waals surface area (Å²) in [6.07, 6.45) is 5.56. The molecule has 0 aliphatic carbocycles. The number of nitrogens with zero attached hydrogens (tertiary/aromatic N) is 7. The summed E-state index contributed by atoms with van der Waals surface area (Å²) in [5.41, 5.74) is 3.10. The molecule has 2 N–H and O–H groups in total. The summed E-state index contributed by atoms with van der Waals surface area (Å²) in [6, 6.07) is 7.25. The van der Waals surface area contributed by atoms with Crippen molar-refractivity contribution in [3.05, 3.63) is 48.3 Å². The van der Waals surface area contributed by atoms with Crippen LogP contribution in [-0.2, 0) is 11.8 Å². The van der Waals surface area contributed by atoms with Gasteiger partial charge in [-0.1, -0.05) is 0 Å². The molecule has 0 saturated heterocycles. The number of rotatable bonds is 9. The number of ether oxygens (including phenoxy) is 2. The van der Waals surface area contributed by atoms with Gasteiger partial charge >= 0.3 is 0 Å². The zero-order valence-electron chi connectivity index (χ0n) is 18.5. The SMILES string of the molecule is COCCCNc1cc(Nc2cc(Oc3cnc(C#N)cc3C)nc3c2ncn3C)ncn1. The molecule has 4 heterocycles. The van der Waals surface area contributed by atoms with Crippen molar-refractivity contribution in [3.63, 3.8) is 0 Å². The van der Waals surface area contributed by atoms with Crippen LogP contribution < -0.4 is 15.4 Å². The Morgan fingerprint density at radius 2 is 1.97 bits per heavy atom. The number of aromatic nitrogens is 6. The minimum Gasteiger partial charge on any atom is -0.437 e. The largest absolute Gasteiger partial charge is 0.437 e. The Morgan fingerprint density at radius 1 is 1.12 bits per heavy atom. The van der Waals surface area contributed by atoms with Gasteiger partial charge in [0.25, 0.3) is 0 Å². The highest BCUT2D eigenvalue weighted by Crippen LogP contribution is 2.31. The molecule has 0 spiro atoms. The van der Waals surface area contributed by atoms with E-state index >= 15 is 0 Å². The fraction of sp³-hybridized carbons (Fsp3) is 0.273. The maximum Gasteiger partial charge on any atom is 0.223 e. The minimum atomic E-state index is 0.327. The van der Waals surface area contributed by atoms with Crippen LogP contribution in [0.3, 0.4) is 0 Å². The molecule has 4 aromatic rings. The molecule has 0 aromatic carbocycles. The van der Waals surface area contributed by atoms with Crippen LogP contribution in [0.25, 0.3) is 11.2 Å². The van der Waals surface area contributed by atoms with Crippen LogP contribution >= 0.6 is 0 Å². The Hall–Kier alpha value is -4.30. The second-order valence-electron chi connectivity index (χ2n) is 7.27. The molecule has 0 radical (unpaired) electrons. The summed E-state index contributed by atoms with van der Waals surface area (Å²) in [7, 11) is 3.54. The van der Waals surface area contributed by atoms with Gasteiger partial charge in [-0.05, 0) is 25.0 Å². The van der Waals surface area contributed by atoms with Gasteiger partial charge in [-0.15, -0.1) is 0 Å². The van der Waals surface area contributed by atoms with Crippen LogP contribution in [0.4, 0.5) is 17.3 Å². The van der Waals surface area contributed by atoms with Crippen LogP contribution in [0, 0.1) is 18.3 Å². The number of aryl methyl sites for hydroxylation is 2. The normalized spacial score (nSPS) is 10.7. The quantitative estimate of drug-likeness (QED) is 0.369. The molecule has 0 aliphatic rings. The Kier molecular flexibility index (Phi) is 6.56. The van der Waals surface area contributed by atoms with Gasteiger partial charge in [-0.25, -0.2) is 19.9 Å². The number of anilines is 3. The van der Waals surface area contributed by atoms with Crippen molar-refractivity contribution < 1.29 is 9.47 Å². The lowest BCUT2D eigenvalue weighted by Crippen LogP contribution is -2.07. The van der Waals surface area contributed by atoms with Crippen molar-refractivity contribution in [2.75, 3.05) is 30.9 Å². The third-order valence-corrected chi connectivity index (χ3v) is 4.80. The summed E-state index contributed by atoms with van der Waals surface area (Å²) in [5, 5.41) is 15.6. The molecule has 4 aromatic heterocycles. The van der Waals surface area contributed by atoms with E-state index in [9.17, 15) is 0 Å². The number of hydrogen-bond donors (Lipinski definition) is 2. The number of methoxy groups -OCH3 is 1. The molecule has 0 amide bonds. The molecular weight excluding hydrogens is 422 g/mol. The summed E-state index contributed by atoms with van der Waals surface area (Å²) in [5.74, 6) is 2.17. The van der Waals surface area contributed by atoms with Crippen molar-refractivity contribution in [1.29, 1.82) is 5.26 Å². The zero-order valence-corrected chi connectivity index (χ0v) is 18.5. The van der Waals surface area contributed by atoms with E-state index in [2.05, 4.69) is 35.6 Å². The van der Waals surface area contributed by atoms with E-state index in [0.717, 1.165) is 18.5 Å². The zero-order chi connectivity index (χ0) is 23.2. The lowest BCUT2D eigenvalue weighted by molar-refractivity contribution is 0.198. The average molecular weight is 445 g/mol. The molecule has 0 atom stereocenters. The second-order valence-corrected chi connectivity index (χ2v) is 7.27. The molecule has 168 valence electrons. The molecule has 11 heteroatoms. The fourth-order valence-electron chi connectivity index (χ4n) is 3.14. The van der Waals surface area contributed by atoms with E-state index in [0.29, 0.717) is 52.4 Å². The van der Waals surface area contributed by atoms with Crippen molar-refractivity contribution in [1.82, 2.24) is 29.5 Å². The van der Waals surface area contributed by atoms with Crippen LogP contribution in [-0.4, -0.2) is 49.7 Å². The summed E-state index contributed by atoms with van der Waals surface area (Å²) in [6.45, 7) is 3.26. The van der Waals surface area contributed by atoms with Crippen LogP contribution in [0.5, 0.6) is 11.6 Å². The minimum absolute atomic E-state index is 0.327. The Morgan fingerprint density at radius 3 is 2.76 bits per heavy atom. The van der Waals surface area contributed by atoms with E-state index in [-0.39, 0.29) is 0 Å². The number of imidazole rings is 1. The smallest absolute Gasteiger partial charge is 0.223 e. The molecule has 0 saturated carbocycles. The fourth-order valence-corrected chi connectivity index (χ4v) is 3.14. The Bertz CT molecular complexity index is 1310. The number of nitriles is 1. The highest BCUT2D eigenvalue weighted by molar-refractivity contribution is 5.88. The molecule has 0 fully saturated rings. The maximum absolute atomic E-state index is 9.03. The molecule has 0 bridgehead atoms. The van der Waals surface area contributed by atoms with Gasteiger partial charge in [0.2, 0.25) is 5.88 Å². The van der Waals surface area contributed by atoms with Gasteiger partial charge in [0, 0.05) is 39.4 Å². The molecule has 0 aliphatic heterocycles. The highest BCUT2D eigenvalue weighted by atomic mass is 16.5. The summed E-state index contributed by atoms with van der Waals surface area (Å²) < 4.78 is 12.9. The second kappa shape index (κ2) is 9.88. The third-order valence-electron chi connectivity index (χ3n) is 4.80. The van der Waals surface area contributed by atoms with Crippen molar-refractivity contribution in [3.8, 4) is 17.7 Å². The standard InChI is InChI=1S/C22H23N9O2/c1-14-7-15(10-23)25-11-17(14)33-20-8-16(21-22(30-20)31(2)13-28-21)29-19-9-18(26-12-27-19)24-5-4-6-32-3/h7-9,11-13H,4-6H2,1-3H3,(H2,24,26,27,29,30). The molecule has 0 unspecified atom stereocenters. The van der Waals surface area contributed by atoms with Crippen molar-refractivity contribution in [2.24, 2.45) is 7.05 Å². The first kappa shape index (κ1) is 21.9. The van der Waals surface area contributed by atoms with E-state index in [1.807, 2.05) is 26.1 Å². The number of pyridine rings is 2. The Labute approximate surface area is 190 Å². The van der Waals surface area contributed by atoms with Crippen molar-refractivity contribution in [2.45, 2.75) is 13.3 Å². The van der Waals surface area contributed by atoms with Crippen molar-refractivity contribution >= 4 is 28.5 Å². The number of hydrogen-bond acceptors (Lipinski definition) is 10. The topological polar surface area (TPSA) is 136 Å². The molecule has 11 nitrogen and oxygen atoms in total. The van der Waals surface area contributed by atoms with Gasteiger partial charge in [-0.2, -0.15) is 10.2 Å². The molecule has 33 heavy (non-hydrogen) atoms. The first-order chi connectivity index (χ1) is 16.1. The van der Waals surface area contributed by atoms with Gasteiger partial charge in [0.1, 0.15) is 35.2 Å². The van der Waals surface area contributed by atoms with Crippen LogP contribution in [0.1, 0.15) is 17.7 Å². The van der Waals surface area contributed by atoms with E-state index < -0.39 is 0 Å². The van der Waals surface area contributed by atoms with E-state index in [1.165, 1.54) is 12.5 Å². The maximum atomic E-state index is 9.03. The van der Waals surface area contributed by atoms with E-state index in [1.54, 1.807) is 30.1 Å². The van der Waals surface area contributed by atoms with E-state index in [4.69, 9.17) is 14.7 Å². The number of nitrogens with one attached hydrogen (secondary N) is 2. The predicted octanol–water partition coefficient (Wildman–Crippen LogP) is 3.32. The van der Waals surface area contributed by atoms with Gasteiger partial charge < -0.3 is 24.7 Å².